The summed E-state index contributed by atoms with van der Waals surface area (Å²) in [6.45, 7) is 10.2. The smallest absolute Gasteiger partial charge is 0.343 e. The fourth-order valence-corrected chi connectivity index (χ4v) is 3.98. The van der Waals surface area contributed by atoms with E-state index in [0.717, 1.165) is 27.6 Å². The van der Waals surface area contributed by atoms with Crippen molar-refractivity contribution >= 4 is 34.7 Å². The minimum Gasteiger partial charge on any atom is -0.462 e. The van der Waals surface area contributed by atoms with E-state index in [1.54, 1.807) is 13.0 Å². The lowest BCUT2D eigenvalue weighted by molar-refractivity contribution is -0.111. The van der Waals surface area contributed by atoms with E-state index in [9.17, 15) is 9.59 Å². The third-order valence-electron chi connectivity index (χ3n) is 5.99. The van der Waals surface area contributed by atoms with Crippen molar-refractivity contribution in [3.63, 3.8) is 0 Å². The number of esters is 1. The molecular weight excluding hydrogens is 452 g/mol. The number of amides is 1. The molecule has 0 saturated heterocycles. The average molecular weight is 483 g/mol. The largest absolute Gasteiger partial charge is 0.462 e. The highest BCUT2D eigenvalue weighted by Crippen LogP contribution is 2.26. The highest BCUT2D eigenvalue weighted by atomic mass is 16.5. The van der Waals surface area contributed by atoms with E-state index in [0.29, 0.717) is 11.7 Å². The van der Waals surface area contributed by atoms with Gasteiger partial charge < -0.3 is 10.1 Å². The lowest BCUT2D eigenvalue weighted by atomic mass is 10.0. The number of nitrogens with one attached hydrogen (secondary N) is 1. The SMILES string of the molecule is CCOC(=O)c1cnn(-c2cc(C)c3cccc(C)c3n2)c1NC(=O)/C=C/c1ccc(C(C)C)cc1. The summed E-state index contributed by atoms with van der Waals surface area (Å²) in [4.78, 5) is 30.3. The van der Waals surface area contributed by atoms with Crippen LogP contribution in [0.15, 0.2) is 60.8 Å². The lowest BCUT2D eigenvalue weighted by Gasteiger charge is -2.12. The Morgan fingerprint density at radius 2 is 1.83 bits per heavy atom. The molecule has 184 valence electrons. The number of hydrogen-bond donors (Lipinski definition) is 1. The maximum atomic E-state index is 12.9. The summed E-state index contributed by atoms with van der Waals surface area (Å²) in [5, 5.41) is 8.23. The number of anilines is 1. The van der Waals surface area contributed by atoms with Crippen LogP contribution in [-0.2, 0) is 9.53 Å². The van der Waals surface area contributed by atoms with Gasteiger partial charge in [0.1, 0.15) is 5.56 Å². The second-order valence-electron chi connectivity index (χ2n) is 8.95. The lowest BCUT2D eigenvalue weighted by Crippen LogP contribution is -2.16. The van der Waals surface area contributed by atoms with Gasteiger partial charge in [-0.25, -0.2) is 9.78 Å². The molecule has 1 amide bonds. The van der Waals surface area contributed by atoms with Crippen LogP contribution in [0.1, 0.15) is 59.3 Å². The van der Waals surface area contributed by atoms with Crippen LogP contribution in [0, 0.1) is 13.8 Å². The van der Waals surface area contributed by atoms with Crippen LogP contribution in [0.25, 0.3) is 22.8 Å². The first-order valence-corrected chi connectivity index (χ1v) is 12.0. The van der Waals surface area contributed by atoms with Gasteiger partial charge in [-0.15, -0.1) is 0 Å². The van der Waals surface area contributed by atoms with E-state index in [4.69, 9.17) is 9.72 Å². The van der Waals surface area contributed by atoms with Gasteiger partial charge in [-0.3, -0.25) is 4.79 Å². The third kappa shape index (κ3) is 5.20. The number of hydrogen-bond acceptors (Lipinski definition) is 5. The first-order valence-electron chi connectivity index (χ1n) is 12.0. The topological polar surface area (TPSA) is 86.1 Å². The van der Waals surface area contributed by atoms with Crippen molar-refractivity contribution in [2.75, 3.05) is 11.9 Å². The predicted octanol–water partition coefficient (Wildman–Crippen LogP) is 5.99. The van der Waals surface area contributed by atoms with Gasteiger partial charge in [-0.1, -0.05) is 56.3 Å². The minimum atomic E-state index is -0.569. The summed E-state index contributed by atoms with van der Waals surface area (Å²) < 4.78 is 6.66. The predicted molar refractivity (Wildman–Crippen MR) is 142 cm³/mol. The molecule has 4 aromatic rings. The van der Waals surface area contributed by atoms with Gasteiger partial charge in [0.05, 0.1) is 18.3 Å². The molecule has 0 bridgehead atoms. The average Bonchev–Trinajstić information content (AvgIpc) is 3.27. The third-order valence-corrected chi connectivity index (χ3v) is 5.99. The zero-order chi connectivity index (χ0) is 25.8. The Kier molecular flexibility index (Phi) is 7.29. The number of carbonyl (C=O) groups excluding carboxylic acids is 2. The van der Waals surface area contributed by atoms with E-state index in [2.05, 4.69) is 24.3 Å². The number of ether oxygens (including phenoxy) is 1. The number of aromatic nitrogens is 3. The van der Waals surface area contributed by atoms with Gasteiger partial charge >= 0.3 is 5.97 Å². The van der Waals surface area contributed by atoms with E-state index in [-0.39, 0.29) is 18.0 Å². The first-order chi connectivity index (χ1) is 17.3. The molecule has 0 radical (unpaired) electrons. The van der Waals surface area contributed by atoms with E-state index in [1.807, 2.05) is 62.4 Å². The molecule has 0 unspecified atom stereocenters. The molecule has 0 saturated carbocycles. The molecule has 0 fully saturated rings. The molecule has 36 heavy (non-hydrogen) atoms. The van der Waals surface area contributed by atoms with Crippen molar-refractivity contribution in [1.29, 1.82) is 0 Å². The highest BCUT2D eigenvalue weighted by molar-refractivity contribution is 6.05. The maximum absolute atomic E-state index is 12.9. The fourth-order valence-electron chi connectivity index (χ4n) is 3.98. The van der Waals surface area contributed by atoms with Crippen LogP contribution in [0.2, 0.25) is 0 Å². The Labute approximate surface area is 210 Å². The van der Waals surface area contributed by atoms with Crippen LogP contribution in [0.3, 0.4) is 0 Å². The van der Waals surface area contributed by atoms with Crippen molar-refractivity contribution < 1.29 is 14.3 Å². The second kappa shape index (κ2) is 10.6. The van der Waals surface area contributed by atoms with E-state index >= 15 is 0 Å². The molecule has 7 heteroatoms. The Morgan fingerprint density at radius 1 is 1.08 bits per heavy atom. The number of carbonyl (C=O) groups is 2. The van der Waals surface area contributed by atoms with Gasteiger partial charge in [0.15, 0.2) is 11.6 Å². The molecule has 0 atom stereocenters. The second-order valence-corrected chi connectivity index (χ2v) is 8.95. The van der Waals surface area contributed by atoms with Gasteiger partial charge in [0.2, 0.25) is 5.91 Å². The molecule has 2 heterocycles. The molecule has 2 aromatic heterocycles. The summed E-state index contributed by atoms with van der Waals surface area (Å²) in [6.07, 6.45) is 4.55. The van der Waals surface area contributed by atoms with Crippen molar-refractivity contribution in [1.82, 2.24) is 14.8 Å². The number of nitrogens with zero attached hydrogens (tertiary/aromatic N) is 3. The molecule has 0 aliphatic heterocycles. The number of aryl methyl sites for hydroxylation is 2. The summed E-state index contributed by atoms with van der Waals surface area (Å²) in [6, 6.07) is 15.9. The number of para-hydroxylation sites is 1. The van der Waals surface area contributed by atoms with E-state index in [1.165, 1.54) is 22.5 Å². The van der Waals surface area contributed by atoms with Gasteiger partial charge in [0.25, 0.3) is 0 Å². The molecule has 0 aliphatic carbocycles. The zero-order valence-corrected chi connectivity index (χ0v) is 21.2. The molecule has 0 spiro atoms. The van der Waals surface area contributed by atoms with Gasteiger partial charge in [-0.2, -0.15) is 9.78 Å². The Morgan fingerprint density at radius 3 is 2.53 bits per heavy atom. The number of fused-ring (bicyclic) bond motifs is 1. The number of benzene rings is 2. The Hall–Kier alpha value is -4.26. The van der Waals surface area contributed by atoms with Gasteiger partial charge in [-0.05, 0) is 61.1 Å². The molecule has 0 aliphatic rings. The molecule has 4 rings (SSSR count). The van der Waals surface area contributed by atoms with Crippen LogP contribution in [0.5, 0.6) is 0 Å². The minimum absolute atomic E-state index is 0.157. The Balaban J connectivity index is 1.69. The standard InChI is InChI=1S/C29H30N4O3/c1-6-36-29(35)24-17-30-33(25-16-20(5)23-9-7-8-19(4)27(23)31-25)28(24)32-26(34)15-12-21-10-13-22(14-11-21)18(2)3/h7-18H,6H2,1-5H3,(H,32,34)/b15-12+. The van der Waals surface area contributed by atoms with Crippen molar-refractivity contribution in [3.8, 4) is 5.82 Å². The van der Waals surface area contributed by atoms with Gasteiger partial charge in [0, 0.05) is 11.5 Å². The number of pyridine rings is 1. The quantitative estimate of drug-likeness (QED) is 0.258. The summed E-state index contributed by atoms with van der Waals surface area (Å²) in [5.74, 6) is 0.167. The molecule has 1 N–H and O–H groups in total. The monoisotopic (exact) mass is 482 g/mol. The highest BCUT2D eigenvalue weighted by Gasteiger charge is 2.22. The summed E-state index contributed by atoms with van der Waals surface area (Å²) >= 11 is 0. The van der Waals surface area contributed by atoms with Crippen LogP contribution < -0.4 is 5.32 Å². The van der Waals surface area contributed by atoms with Crippen LogP contribution in [0.4, 0.5) is 5.82 Å². The van der Waals surface area contributed by atoms with Crippen molar-refractivity contribution in [2.24, 2.45) is 0 Å². The number of rotatable bonds is 7. The zero-order valence-electron chi connectivity index (χ0n) is 21.2. The van der Waals surface area contributed by atoms with Crippen molar-refractivity contribution in [3.05, 3.63) is 88.6 Å². The normalized spacial score (nSPS) is 11.4. The van der Waals surface area contributed by atoms with E-state index < -0.39 is 11.9 Å². The van der Waals surface area contributed by atoms with Crippen LogP contribution >= 0.6 is 0 Å². The molecular formula is C29H30N4O3. The summed E-state index contributed by atoms with van der Waals surface area (Å²) in [7, 11) is 0. The summed E-state index contributed by atoms with van der Waals surface area (Å²) in [5.41, 5.74) is 5.15. The maximum Gasteiger partial charge on any atom is 0.343 e. The van der Waals surface area contributed by atoms with Crippen molar-refractivity contribution in [2.45, 2.75) is 40.5 Å². The van der Waals surface area contributed by atoms with Crippen LogP contribution in [-0.4, -0.2) is 33.2 Å². The first kappa shape index (κ1) is 24.9. The molecule has 7 nitrogen and oxygen atoms in total. The fraction of sp³-hybridized carbons (Fsp3) is 0.241. The molecule has 2 aromatic carbocycles. The Bertz CT molecular complexity index is 1450.